The van der Waals surface area contributed by atoms with Crippen molar-refractivity contribution in [1.82, 2.24) is 20.4 Å². The number of rotatable bonds is 2. The van der Waals surface area contributed by atoms with E-state index in [0.717, 1.165) is 25.5 Å². The maximum Gasteiger partial charge on any atom is 0.223 e. The molecule has 1 aromatic rings. The normalized spacial score (nSPS) is 26.4. The van der Waals surface area contributed by atoms with Crippen LogP contribution in [-0.2, 0) is 6.54 Å². The number of halogens is 1. The molecule has 2 heterocycles. The summed E-state index contributed by atoms with van der Waals surface area (Å²) < 4.78 is 4.96. The lowest BCUT2D eigenvalue weighted by Gasteiger charge is -2.35. The molecule has 0 aliphatic carbocycles. The summed E-state index contributed by atoms with van der Waals surface area (Å²) in [6.45, 7) is 9.08. The van der Waals surface area contributed by atoms with Crippen molar-refractivity contribution in [1.29, 1.82) is 0 Å². The molecule has 1 N–H and O–H groups in total. The van der Waals surface area contributed by atoms with E-state index < -0.39 is 0 Å². The fraction of sp³-hybridized carbons (Fsp3) is 0.800. The summed E-state index contributed by atoms with van der Waals surface area (Å²) in [7, 11) is 0. The smallest absolute Gasteiger partial charge is 0.223 e. The van der Waals surface area contributed by atoms with Crippen LogP contribution in [0.1, 0.15) is 25.6 Å². The van der Waals surface area contributed by atoms with Gasteiger partial charge in [0.2, 0.25) is 5.89 Å². The van der Waals surface area contributed by atoms with Crippen molar-refractivity contribution in [2.45, 2.75) is 39.4 Å². The summed E-state index contributed by atoms with van der Waals surface area (Å²) in [5.41, 5.74) is 0. The second-order valence-electron chi connectivity index (χ2n) is 4.39. The lowest BCUT2D eigenvalue weighted by Crippen LogP contribution is -2.53. The average Bonchev–Trinajstić information content (AvgIpc) is 2.49. The highest BCUT2D eigenvalue weighted by Gasteiger charge is 2.21. The summed E-state index contributed by atoms with van der Waals surface area (Å²) >= 11 is 0. The Bertz CT molecular complexity index is 320. The third-order valence-electron chi connectivity index (χ3n) is 2.57. The first-order valence-corrected chi connectivity index (χ1v) is 5.41. The van der Waals surface area contributed by atoms with Gasteiger partial charge in [-0.15, -0.1) is 12.4 Å². The molecule has 1 aliphatic rings. The molecule has 0 saturated carbocycles. The second-order valence-corrected chi connectivity index (χ2v) is 4.39. The van der Waals surface area contributed by atoms with Gasteiger partial charge in [-0.3, -0.25) is 4.90 Å². The number of nitrogens with zero attached hydrogens (tertiary/aromatic N) is 3. The van der Waals surface area contributed by atoms with Crippen molar-refractivity contribution in [2.75, 3.05) is 13.1 Å². The fourth-order valence-corrected chi connectivity index (χ4v) is 2.17. The molecule has 0 bridgehead atoms. The third kappa shape index (κ3) is 3.43. The predicted molar refractivity (Wildman–Crippen MR) is 63.6 cm³/mol. The van der Waals surface area contributed by atoms with E-state index in [1.165, 1.54) is 0 Å². The molecule has 1 aromatic heterocycles. The maximum atomic E-state index is 4.96. The SMILES string of the molecule is Cc1nc(CN2CC(C)NC(C)C2)no1.Cl. The molecule has 2 rings (SSSR count). The molecule has 0 radical (unpaired) electrons. The number of hydrogen-bond donors (Lipinski definition) is 1. The minimum Gasteiger partial charge on any atom is -0.340 e. The van der Waals surface area contributed by atoms with Crippen LogP contribution in [0.2, 0.25) is 0 Å². The van der Waals surface area contributed by atoms with Gasteiger partial charge in [0, 0.05) is 32.1 Å². The topological polar surface area (TPSA) is 54.2 Å². The van der Waals surface area contributed by atoms with E-state index in [9.17, 15) is 0 Å². The minimum atomic E-state index is 0. The van der Waals surface area contributed by atoms with Crippen LogP contribution < -0.4 is 5.32 Å². The van der Waals surface area contributed by atoms with Gasteiger partial charge in [0.15, 0.2) is 5.82 Å². The van der Waals surface area contributed by atoms with Gasteiger partial charge in [-0.25, -0.2) is 0 Å². The molecular formula is C10H19ClN4O. The molecule has 0 spiro atoms. The molecule has 1 saturated heterocycles. The average molecular weight is 247 g/mol. The van der Waals surface area contributed by atoms with E-state index >= 15 is 0 Å². The monoisotopic (exact) mass is 246 g/mol. The number of aromatic nitrogens is 2. The van der Waals surface area contributed by atoms with Crippen LogP contribution in [0, 0.1) is 6.92 Å². The Morgan fingerprint density at radius 3 is 2.50 bits per heavy atom. The zero-order valence-electron chi connectivity index (χ0n) is 9.93. The Morgan fingerprint density at radius 1 is 1.38 bits per heavy atom. The van der Waals surface area contributed by atoms with E-state index in [0.29, 0.717) is 18.0 Å². The van der Waals surface area contributed by atoms with Crippen molar-refractivity contribution in [3.8, 4) is 0 Å². The van der Waals surface area contributed by atoms with Crippen molar-refractivity contribution < 1.29 is 4.52 Å². The van der Waals surface area contributed by atoms with E-state index in [1.54, 1.807) is 0 Å². The van der Waals surface area contributed by atoms with Crippen molar-refractivity contribution in [2.24, 2.45) is 0 Å². The summed E-state index contributed by atoms with van der Waals surface area (Å²) in [6, 6.07) is 1.06. The van der Waals surface area contributed by atoms with E-state index in [4.69, 9.17) is 4.52 Å². The number of nitrogens with one attached hydrogen (secondary N) is 1. The molecule has 0 amide bonds. The van der Waals surface area contributed by atoms with E-state index in [1.807, 2.05) is 6.92 Å². The number of hydrogen-bond acceptors (Lipinski definition) is 5. The van der Waals surface area contributed by atoms with Gasteiger partial charge in [-0.05, 0) is 13.8 Å². The summed E-state index contributed by atoms with van der Waals surface area (Å²) in [6.07, 6.45) is 0. The number of aryl methyl sites for hydroxylation is 1. The lowest BCUT2D eigenvalue weighted by atomic mass is 10.1. The Balaban J connectivity index is 0.00000128. The van der Waals surface area contributed by atoms with Crippen LogP contribution in [0.4, 0.5) is 0 Å². The standard InChI is InChI=1S/C10H18N4O.ClH/c1-7-4-14(5-8(2)11-7)6-10-12-9(3)15-13-10;/h7-8,11H,4-6H2,1-3H3;1H. The summed E-state index contributed by atoms with van der Waals surface area (Å²) in [4.78, 5) is 6.57. The highest BCUT2D eigenvalue weighted by molar-refractivity contribution is 5.85. The predicted octanol–water partition coefficient (Wildman–Crippen LogP) is 0.982. The van der Waals surface area contributed by atoms with Crippen LogP contribution in [0.3, 0.4) is 0 Å². The van der Waals surface area contributed by atoms with Crippen molar-refractivity contribution >= 4 is 12.4 Å². The zero-order valence-corrected chi connectivity index (χ0v) is 10.8. The van der Waals surface area contributed by atoms with Gasteiger partial charge >= 0.3 is 0 Å². The van der Waals surface area contributed by atoms with Gasteiger partial charge in [0.25, 0.3) is 0 Å². The van der Waals surface area contributed by atoms with Crippen LogP contribution in [-0.4, -0.2) is 40.2 Å². The van der Waals surface area contributed by atoms with Crippen molar-refractivity contribution in [3.63, 3.8) is 0 Å². The van der Waals surface area contributed by atoms with Crippen LogP contribution in [0.25, 0.3) is 0 Å². The van der Waals surface area contributed by atoms with Gasteiger partial charge in [-0.1, -0.05) is 5.16 Å². The third-order valence-corrected chi connectivity index (χ3v) is 2.57. The lowest BCUT2D eigenvalue weighted by molar-refractivity contribution is 0.161. The fourth-order valence-electron chi connectivity index (χ4n) is 2.17. The first-order valence-electron chi connectivity index (χ1n) is 5.41. The molecule has 1 fully saturated rings. The van der Waals surface area contributed by atoms with Crippen LogP contribution >= 0.6 is 12.4 Å². The molecule has 5 nitrogen and oxygen atoms in total. The van der Waals surface area contributed by atoms with E-state index in [-0.39, 0.29) is 12.4 Å². The van der Waals surface area contributed by atoms with Crippen LogP contribution in [0.5, 0.6) is 0 Å². The van der Waals surface area contributed by atoms with Gasteiger partial charge < -0.3 is 9.84 Å². The Labute approximate surface area is 102 Å². The molecule has 92 valence electrons. The van der Waals surface area contributed by atoms with Gasteiger partial charge in [-0.2, -0.15) is 4.98 Å². The molecule has 6 heteroatoms. The molecule has 2 atom stereocenters. The van der Waals surface area contributed by atoms with Crippen molar-refractivity contribution in [3.05, 3.63) is 11.7 Å². The largest absolute Gasteiger partial charge is 0.340 e. The molecule has 0 aromatic carbocycles. The maximum absolute atomic E-state index is 4.96. The number of piperazine rings is 1. The second kappa shape index (κ2) is 5.61. The quantitative estimate of drug-likeness (QED) is 0.843. The van der Waals surface area contributed by atoms with E-state index in [2.05, 4.69) is 34.2 Å². The van der Waals surface area contributed by atoms with Gasteiger partial charge in [0.05, 0.1) is 6.54 Å². The molecule has 2 unspecified atom stereocenters. The summed E-state index contributed by atoms with van der Waals surface area (Å²) in [5, 5.41) is 7.41. The first kappa shape index (κ1) is 13.4. The molecular weight excluding hydrogens is 228 g/mol. The van der Waals surface area contributed by atoms with Gasteiger partial charge in [0.1, 0.15) is 0 Å². The molecule has 1 aliphatic heterocycles. The Hall–Kier alpha value is -0.650. The highest BCUT2D eigenvalue weighted by atomic mass is 35.5. The Morgan fingerprint density at radius 2 is 2.00 bits per heavy atom. The molecule has 16 heavy (non-hydrogen) atoms. The first-order chi connectivity index (χ1) is 7.13. The highest BCUT2D eigenvalue weighted by Crippen LogP contribution is 2.07. The minimum absolute atomic E-state index is 0. The summed E-state index contributed by atoms with van der Waals surface area (Å²) in [5.74, 6) is 1.43. The zero-order chi connectivity index (χ0) is 10.8. The van der Waals surface area contributed by atoms with Crippen LogP contribution in [0.15, 0.2) is 4.52 Å². The Kier molecular flexibility index (Phi) is 4.70.